The first-order valence-corrected chi connectivity index (χ1v) is 7.72. The van der Waals surface area contributed by atoms with Crippen LogP contribution in [0.3, 0.4) is 0 Å². The van der Waals surface area contributed by atoms with Gasteiger partial charge in [-0.2, -0.15) is 11.3 Å². The molecule has 0 fully saturated rings. The molecular weight excluding hydrogens is 268 g/mol. The van der Waals surface area contributed by atoms with Gasteiger partial charge in [-0.3, -0.25) is 4.79 Å². The summed E-state index contributed by atoms with van der Waals surface area (Å²) in [7, 11) is 0. The Hall–Kier alpha value is -1.65. The molecule has 0 aliphatic rings. The van der Waals surface area contributed by atoms with Crippen LogP contribution >= 0.6 is 11.3 Å². The van der Waals surface area contributed by atoms with E-state index in [1.807, 2.05) is 37.3 Å². The molecule has 0 bridgehead atoms. The standard InChI is InChI=1S/C16H20N2OS/c1-12(10-14-8-9-20-11-14)17-13(2)16(19)18-15-6-4-3-5-7-15/h3-9,11-13,17H,10H2,1-2H3,(H,18,19). The van der Waals surface area contributed by atoms with Crippen molar-refractivity contribution >= 4 is 22.9 Å². The van der Waals surface area contributed by atoms with E-state index < -0.39 is 0 Å². The molecule has 2 aromatic rings. The smallest absolute Gasteiger partial charge is 0.241 e. The quantitative estimate of drug-likeness (QED) is 0.856. The molecule has 2 rings (SSSR count). The predicted octanol–water partition coefficient (Wildman–Crippen LogP) is 3.30. The molecule has 2 unspecified atom stereocenters. The van der Waals surface area contributed by atoms with E-state index in [9.17, 15) is 4.79 Å². The largest absolute Gasteiger partial charge is 0.325 e. The summed E-state index contributed by atoms with van der Waals surface area (Å²) < 4.78 is 0. The summed E-state index contributed by atoms with van der Waals surface area (Å²) in [5, 5.41) is 10.5. The molecule has 2 N–H and O–H groups in total. The topological polar surface area (TPSA) is 41.1 Å². The van der Waals surface area contributed by atoms with E-state index in [2.05, 4.69) is 34.4 Å². The molecule has 0 radical (unpaired) electrons. The number of hydrogen-bond acceptors (Lipinski definition) is 3. The molecule has 0 saturated heterocycles. The van der Waals surface area contributed by atoms with Crippen molar-refractivity contribution in [3.63, 3.8) is 0 Å². The SMILES string of the molecule is CC(Cc1ccsc1)NC(C)C(=O)Nc1ccccc1. The first-order chi connectivity index (χ1) is 9.65. The maximum Gasteiger partial charge on any atom is 0.241 e. The third-order valence-corrected chi connectivity index (χ3v) is 3.82. The highest BCUT2D eigenvalue weighted by Crippen LogP contribution is 2.09. The van der Waals surface area contributed by atoms with Crippen LogP contribution in [0.5, 0.6) is 0 Å². The third-order valence-electron chi connectivity index (χ3n) is 3.09. The second-order valence-electron chi connectivity index (χ2n) is 4.98. The summed E-state index contributed by atoms with van der Waals surface area (Å²) in [6.07, 6.45) is 0.937. The Labute approximate surface area is 124 Å². The molecule has 0 saturated carbocycles. The first-order valence-electron chi connectivity index (χ1n) is 6.78. The van der Waals surface area contributed by atoms with Crippen LogP contribution < -0.4 is 10.6 Å². The van der Waals surface area contributed by atoms with Gasteiger partial charge in [0, 0.05) is 11.7 Å². The number of nitrogens with one attached hydrogen (secondary N) is 2. The van der Waals surface area contributed by atoms with Crippen LogP contribution in [0.25, 0.3) is 0 Å². The highest BCUT2D eigenvalue weighted by Gasteiger charge is 2.15. The number of rotatable bonds is 6. The number of carbonyl (C=O) groups excluding carboxylic acids is 1. The van der Waals surface area contributed by atoms with Crippen LogP contribution in [0.4, 0.5) is 5.69 Å². The van der Waals surface area contributed by atoms with Crippen LogP contribution in [0, 0.1) is 0 Å². The molecule has 4 heteroatoms. The summed E-state index contributed by atoms with van der Waals surface area (Å²) in [4.78, 5) is 12.1. The van der Waals surface area contributed by atoms with Crippen molar-refractivity contribution in [2.45, 2.75) is 32.4 Å². The Morgan fingerprint density at radius 3 is 2.60 bits per heavy atom. The molecule has 1 aromatic heterocycles. The number of carbonyl (C=O) groups is 1. The maximum atomic E-state index is 12.1. The van der Waals surface area contributed by atoms with Crippen LogP contribution in [0.2, 0.25) is 0 Å². The number of thiophene rings is 1. The first kappa shape index (κ1) is 14.8. The summed E-state index contributed by atoms with van der Waals surface area (Å²) >= 11 is 1.70. The number of amides is 1. The molecule has 1 amide bonds. The van der Waals surface area contributed by atoms with Crippen molar-refractivity contribution in [3.05, 3.63) is 52.7 Å². The van der Waals surface area contributed by atoms with Gasteiger partial charge in [0.1, 0.15) is 0 Å². The second-order valence-corrected chi connectivity index (χ2v) is 5.76. The van der Waals surface area contributed by atoms with Crippen molar-refractivity contribution in [1.82, 2.24) is 5.32 Å². The fourth-order valence-electron chi connectivity index (χ4n) is 2.10. The fraction of sp³-hybridized carbons (Fsp3) is 0.312. The Morgan fingerprint density at radius 1 is 1.20 bits per heavy atom. The van der Waals surface area contributed by atoms with Gasteiger partial charge >= 0.3 is 0 Å². The van der Waals surface area contributed by atoms with Crippen molar-refractivity contribution in [1.29, 1.82) is 0 Å². The average Bonchev–Trinajstić information content (AvgIpc) is 2.92. The van der Waals surface area contributed by atoms with Crippen molar-refractivity contribution in [2.75, 3.05) is 5.32 Å². The van der Waals surface area contributed by atoms with Gasteiger partial charge in [0.25, 0.3) is 0 Å². The van der Waals surface area contributed by atoms with Gasteiger partial charge < -0.3 is 10.6 Å². The number of hydrogen-bond donors (Lipinski definition) is 2. The Morgan fingerprint density at radius 2 is 1.95 bits per heavy atom. The molecule has 2 atom stereocenters. The fourth-order valence-corrected chi connectivity index (χ4v) is 2.78. The van der Waals surface area contributed by atoms with Crippen LogP contribution in [-0.2, 0) is 11.2 Å². The lowest BCUT2D eigenvalue weighted by Gasteiger charge is -2.19. The molecule has 3 nitrogen and oxygen atoms in total. The summed E-state index contributed by atoms with van der Waals surface area (Å²) in [5.74, 6) is -0.00614. The van der Waals surface area contributed by atoms with Gasteiger partial charge in [-0.15, -0.1) is 0 Å². The van der Waals surface area contributed by atoms with E-state index in [0.29, 0.717) is 0 Å². The molecule has 0 aliphatic heterocycles. The van der Waals surface area contributed by atoms with Crippen LogP contribution in [0.15, 0.2) is 47.2 Å². The average molecular weight is 288 g/mol. The minimum atomic E-state index is -0.219. The lowest BCUT2D eigenvalue weighted by molar-refractivity contribution is -0.117. The molecule has 20 heavy (non-hydrogen) atoms. The van der Waals surface area contributed by atoms with Crippen molar-refractivity contribution < 1.29 is 4.79 Å². The summed E-state index contributed by atoms with van der Waals surface area (Å²) in [5.41, 5.74) is 2.14. The highest BCUT2D eigenvalue weighted by molar-refractivity contribution is 7.07. The van der Waals surface area contributed by atoms with E-state index in [1.54, 1.807) is 11.3 Å². The molecule has 0 spiro atoms. The van der Waals surface area contributed by atoms with Gasteiger partial charge in [-0.05, 0) is 54.8 Å². The molecule has 1 heterocycles. The molecule has 0 aliphatic carbocycles. The normalized spacial score (nSPS) is 13.7. The number of benzene rings is 1. The zero-order valence-electron chi connectivity index (χ0n) is 11.8. The lowest BCUT2D eigenvalue weighted by atomic mass is 10.1. The van der Waals surface area contributed by atoms with Gasteiger partial charge in [-0.25, -0.2) is 0 Å². The van der Waals surface area contributed by atoms with Crippen molar-refractivity contribution in [2.24, 2.45) is 0 Å². The monoisotopic (exact) mass is 288 g/mol. The summed E-state index contributed by atoms with van der Waals surface area (Å²) in [6.45, 7) is 3.99. The lowest BCUT2D eigenvalue weighted by Crippen LogP contribution is -2.43. The molecule has 1 aromatic carbocycles. The molecule has 106 valence electrons. The maximum absolute atomic E-state index is 12.1. The Bertz CT molecular complexity index is 525. The third kappa shape index (κ3) is 4.47. The van der Waals surface area contributed by atoms with Gasteiger partial charge in [0.05, 0.1) is 6.04 Å². The zero-order chi connectivity index (χ0) is 14.4. The van der Waals surface area contributed by atoms with E-state index in [-0.39, 0.29) is 18.0 Å². The van der Waals surface area contributed by atoms with Crippen molar-refractivity contribution in [3.8, 4) is 0 Å². The Kier molecular flexibility index (Phi) is 5.32. The number of para-hydroxylation sites is 1. The van der Waals surface area contributed by atoms with E-state index in [1.165, 1.54) is 5.56 Å². The summed E-state index contributed by atoms with van der Waals surface area (Å²) in [6, 6.07) is 11.7. The minimum absolute atomic E-state index is 0.00614. The predicted molar refractivity (Wildman–Crippen MR) is 85.2 cm³/mol. The molecular formula is C16H20N2OS. The number of anilines is 1. The Balaban J connectivity index is 1.81. The van der Waals surface area contributed by atoms with Crippen LogP contribution in [-0.4, -0.2) is 18.0 Å². The van der Waals surface area contributed by atoms with E-state index in [4.69, 9.17) is 0 Å². The second kappa shape index (κ2) is 7.22. The zero-order valence-corrected chi connectivity index (χ0v) is 12.6. The van der Waals surface area contributed by atoms with Gasteiger partial charge in [0.2, 0.25) is 5.91 Å². The minimum Gasteiger partial charge on any atom is -0.325 e. The van der Waals surface area contributed by atoms with Gasteiger partial charge in [-0.1, -0.05) is 18.2 Å². The highest BCUT2D eigenvalue weighted by atomic mass is 32.1. The van der Waals surface area contributed by atoms with E-state index >= 15 is 0 Å². The van der Waals surface area contributed by atoms with Crippen LogP contribution in [0.1, 0.15) is 19.4 Å². The van der Waals surface area contributed by atoms with Gasteiger partial charge in [0.15, 0.2) is 0 Å². The van der Waals surface area contributed by atoms with E-state index in [0.717, 1.165) is 12.1 Å².